The van der Waals surface area contributed by atoms with Gasteiger partial charge in [0, 0.05) is 4.47 Å². The largest absolute Gasteiger partial charge is 0.398 e. The lowest BCUT2D eigenvalue weighted by molar-refractivity contribution is 0.601. The number of nitrogens with one attached hydrogen (secondary N) is 2. The highest BCUT2D eigenvalue weighted by Gasteiger charge is 2.19. The SMILES string of the molecule is Nc1cc(Br)ccc1S(=O)(=O)Nc1nc2ccccc2[nH]1. The Morgan fingerprint density at radius 3 is 2.67 bits per heavy atom. The predicted molar refractivity (Wildman–Crippen MR) is 85.5 cm³/mol. The third-order valence-electron chi connectivity index (χ3n) is 2.88. The Kier molecular flexibility index (Phi) is 3.34. The zero-order valence-corrected chi connectivity index (χ0v) is 13.1. The molecule has 2 aromatic carbocycles. The van der Waals surface area contributed by atoms with E-state index < -0.39 is 10.0 Å². The molecule has 1 heterocycles. The van der Waals surface area contributed by atoms with Gasteiger partial charge in [-0.2, -0.15) is 0 Å². The summed E-state index contributed by atoms with van der Waals surface area (Å²) in [6, 6.07) is 11.9. The summed E-state index contributed by atoms with van der Waals surface area (Å²) in [7, 11) is -3.80. The first-order chi connectivity index (χ1) is 9.95. The van der Waals surface area contributed by atoms with E-state index in [-0.39, 0.29) is 16.5 Å². The number of hydrogen-bond donors (Lipinski definition) is 3. The van der Waals surface area contributed by atoms with Crippen molar-refractivity contribution in [3.63, 3.8) is 0 Å². The van der Waals surface area contributed by atoms with Crippen LogP contribution in [-0.4, -0.2) is 18.4 Å². The van der Waals surface area contributed by atoms with E-state index in [0.29, 0.717) is 9.99 Å². The van der Waals surface area contributed by atoms with Crippen LogP contribution in [-0.2, 0) is 10.0 Å². The number of H-pyrrole nitrogens is 1. The van der Waals surface area contributed by atoms with Gasteiger partial charge in [-0.25, -0.2) is 18.1 Å². The van der Waals surface area contributed by atoms with Gasteiger partial charge in [-0.3, -0.25) is 0 Å². The number of hydrogen-bond acceptors (Lipinski definition) is 4. The van der Waals surface area contributed by atoms with Crippen LogP contribution >= 0.6 is 15.9 Å². The molecule has 0 aliphatic carbocycles. The summed E-state index contributed by atoms with van der Waals surface area (Å²) < 4.78 is 27.8. The van der Waals surface area contributed by atoms with Gasteiger partial charge in [-0.1, -0.05) is 28.1 Å². The quantitative estimate of drug-likeness (QED) is 0.620. The number of nitrogens with two attached hydrogens (primary N) is 1. The number of nitrogens with zero attached hydrogens (tertiary/aromatic N) is 1. The fourth-order valence-electron chi connectivity index (χ4n) is 1.95. The van der Waals surface area contributed by atoms with Crippen molar-refractivity contribution >= 4 is 48.6 Å². The van der Waals surface area contributed by atoms with Gasteiger partial charge in [0.2, 0.25) is 5.95 Å². The fraction of sp³-hybridized carbons (Fsp3) is 0. The summed E-state index contributed by atoms with van der Waals surface area (Å²) >= 11 is 3.24. The van der Waals surface area contributed by atoms with E-state index >= 15 is 0 Å². The number of rotatable bonds is 3. The predicted octanol–water partition coefficient (Wildman–Crippen LogP) is 2.71. The Morgan fingerprint density at radius 2 is 1.95 bits per heavy atom. The Labute approximate surface area is 129 Å². The number of nitrogen functional groups attached to an aromatic ring is 1. The van der Waals surface area contributed by atoms with Gasteiger partial charge in [-0.15, -0.1) is 0 Å². The van der Waals surface area contributed by atoms with Gasteiger partial charge in [0.1, 0.15) is 4.90 Å². The first-order valence-corrected chi connectivity index (χ1v) is 8.26. The Bertz CT molecular complexity index is 888. The second-order valence-corrected chi connectivity index (χ2v) is 6.96. The molecule has 0 spiro atoms. The van der Waals surface area contributed by atoms with E-state index in [1.807, 2.05) is 18.2 Å². The minimum absolute atomic E-state index is 0.00570. The second-order valence-electron chi connectivity index (χ2n) is 4.39. The molecule has 0 saturated carbocycles. The van der Waals surface area contributed by atoms with E-state index in [9.17, 15) is 8.42 Å². The minimum Gasteiger partial charge on any atom is -0.398 e. The zero-order chi connectivity index (χ0) is 15.0. The minimum atomic E-state index is -3.80. The topological polar surface area (TPSA) is 101 Å². The molecule has 1 aromatic heterocycles. The van der Waals surface area contributed by atoms with Crippen molar-refractivity contribution in [3.05, 3.63) is 46.9 Å². The number of sulfonamides is 1. The highest BCUT2D eigenvalue weighted by atomic mass is 79.9. The van der Waals surface area contributed by atoms with Crippen LogP contribution in [0.3, 0.4) is 0 Å². The molecule has 21 heavy (non-hydrogen) atoms. The number of benzene rings is 2. The second kappa shape index (κ2) is 5.05. The molecule has 0 bridgehead atoms. The zero-order valence-electron chi connectivity index (χ0n) is 10.7. The Morgan fingerprint density at radius 1 is 1.19 bits per heavy atom. The maximum atomic E-state index is 12.3. The van der Waals surface area contributed by atoms with Crippen molar-refractivity contribution in [2.75, 3.05) is 10.5 Å². The van der Waals surface area contributed by atoms with E-state index in [4.69, 9.17) is 5.73 Å². The molecule has 8 heteroatoms. The molecule has 4 N–H and O–H groups in total. The van der Waals surface area contributed by atoms with E-state index in [2.05, 4.69) is 30.6 Å². The lowest BCUT2D eigenvalue weighted by atomic mass is 10.3. The van der Waals surface area contributed by atoms with Gasteiger partial charge in [0.05, 0.1) is 16.7 Å². The molecule has 0 amide bonds. The van der Waals surface area contributed by atoms with E-state index in [0.717, 1.165) is 5.52 Å². The van der Waals surface area contributed by atoms with Crippen molar-refractivity contribution in [1.29, 1.82) is 0 Å². The smallest absolute Gasteiger partial charge is 0.266 e. The van der Waals surface area contributed by atoms with Gasteiger partial charge in [-0.05, 0) is 30.3 Å². The molecule has 3 rings (SSSR count). The maximum Gasteiger partial charge on any atom is 0.266 e. The summed E-state index contributed by atoms with van der Waals surface area (Å²) in [6.07, 6.45) is 0. The van der Waals surface area contributed by atoms with Crippen LogP contribution in [0.15, 0.2) is 51.8 Å². The van der Waals surface area contributed by atoms with Crippen LogP contribution in [0.25, 0.3) is 11.0 Å². The number of fused-ring (bicyclic) bond motifs is 1. The van der Waals surface area contributed by atoms with Crippen LogP contribution < -0.4 is 10.5 Å². The van der Waals surface area contributed by atoms with Crippen LogP contribution in [0.4, 0.5) is 11.6 Å². The van der Waals surface area contributed by atoms with Crippen LogP contribution in [0.1, 0.15) is 0 Å². The lowest BCUT2D eigenvalue weighted by Crippen LogP contribution is -2.15. The number of para-hydroxylation sites is 2. The lowest BCUT2D eigenvalue weighted by Gasteiger charge is -2.08. The number of aromatic nitrogens is 2. The van der Waals surface area contributed by atoms with Crippen LogP contribution in [0.2, 0.25) is 0 Å². The molecule has 6 nitrogen and oxygen atoms in total. The Hall–Kier alpha value is -2.06. The van der Waals surface area contributed by atoms with E-state index in [1.165, 1.54) is 12.1 Å². The molecule has 3 aromatic rings. The van der Waals surface area contributed by atoms with Gasteiger partial charge >= 0.3 is 0 Å². The van der Waals surface area contributed by atoms with Gasteiger partial charge in [0.15, 0.2) is 0 Å². The first-order valence-electron chi connectivity index (χ1n) is 5.98. The van der Waals surface area contributed by atoms with Crippen LogP contribution in [0, 0.1) is 0 Å². The number of imidazole rings is 1. The number of aromatic amines is 1. The van der Waals surface area contributed by atoms with E-state index in [1.54, 1.807) is 12.1 Å². The molecule has 0 aliphatic rings. The van der Waals surface area contributed by atoms with Crippen molar-refractivity contribution in [2.45, 2.75) is 4.90 Å². The fourth-order valence-corrected chi connectivity index (χ4v) is 3.40. The molecule has 0 aliphatic heterocycles. The summed E-state index contributed by atoms with van der Waals surface area (Å²) in [5, 5.41) is 0. The summed E-state index contributed by atoms with van der Waals surface area (Å²) in [5.41, 5.74) is 7.35. The number of halogens is 1. The standard InChI is InChI=1S/C13H11BrN4O2S/c14-8-5-6-12(9(15)7-8)21(19,20)18-13-16-10-3-1-2-4-11(10)17-13/h1-7H,15H2,(H2,16,17,18). The third-order valence-corrected chi connectivity index (χ3v) is 4.79. The summed E-state index contributed by atoms with van der Waals surface area (Å²) in [4.78, 5) is 7.08. The van der Waals surface area contributed by atoms with Crippen molar-refractivity contribution in [2.24, 2.45) is 0 Å². The molecule has 108 valence electrons. The van der Waals surface area contributed by atoms with Crippen molar-refractivity contribution < 1.29 is 8.42 Å². The van der Waals surface area contributed by atoms with Crippen LogP contribution in [0.5, 0.6) is 0 Å². The van der Waals surface area contributed by atoms with Crippen molar-refractivity contribution in [1.82, 2.24) is 9.97 Å². The normalized spacial score (nSPS) is 11.7. The van der Waals surface area contributed by atoms with Gasteiger partial charge < -0.3 is 10.7 Å². The summed E-state index contributed by atoms with van der Waals surface area (Å²) in [5.74, 6) is 0.151. The van der Waals surface area contributed by atoms with Crippen molar-refractivity contribution in [3.8, 4) is 0 Å². The third kappa shape index (κ3) is 2.72. The molecular formula is C13H11BrN4O2S. The molecule has 0 radical (unpaired) electrons. The number of anilines is 2. The maximum absolute atomic E-state index is 12.3. The molecule has 0 atom stereocenters. The average molecular weight is 367 g/mol. The molecule has 0 fully saturated rings. The Balaban J connectivity index is 1.99. The highest BCUT2D eigenvalue weighted by Crippen LogP contribution is 2.24. The summed E-state index contributed by atoms with van der Waals surface area (Å²) in [6.45, 7) is 0. The molecule has 0 unspecified atom stereocenters. The first kappa shape index (κ1) is 13.9. The molecular weight excluding hydrogens is 356 g/mol. The monoisotopic (exact) mass is 366 g/mol. The average Bonchev–Trinajstić information content (AvgIpc) is 2.79. The highest BCUT2D eigenvalue weighted by molar-refractivity contribution is 9.10. The molecule has 0 saturated heterocycles. The van der Waals surface area contributed by atoms with Gasteiger partial charge in [0.25, 0.3) is 10.0 Å².